The maximum atomic E-state index is 12.2. The van der Waals surface area contributed by atoms with Crippen LogP contribution in [0.25, 0.3) is 0 Å². The summed E-state index contributed by atoms with van der Waals surface area (Å²) in [5.41, 5.74) is 0.780. The zero-order chi connectivity index (χ0) is 18.3. The average molecular weight is 360 g/mol. The quantitative estimate of drug-likeness (QED) is 0.688. The van der Waals surface area contributed by atoms with Crippen LogP contribution in [0.15, 0.2) is 24.3 Å². The fourth-order valence-electron chi connectivity index (χ4n) is 2.87. The fourth-order valence-corrected chi connectivity index (χ4v) is 2.87. The van der Waals surface area contributed by atoms with Gasteiger partial charge in [-0.2, -0.15) is 0 Å². The molecular formula is C17H23F3N2O3. The van der Waals surface area contributed by atoms with Crippen LogP contribution in [-0.4, -0.2) is 50.0 Å². The van der Waals surface area contributed by atoms with Crippen LogP contribution in [0.1, 0.15) is 24.8 Å². The minimum Gasteiger partial charge on any atom is -0.406 e. The van der Waals surface area contributed by atoms with E-state index >= 15 is 0 Å². The Morgan fingerprint density at radius 1 is 1.24 bits per heavy atom. The van der Waals surface area contributed by atoms with E-state index in [1.165, 1.54) is 12.1 Å². The predicted molar refractivity (Wildman–Crippen MR) is 86.1 cm³/mol. The maximum absolute atomic E-state index is 12.2. The van der Waals surface area contributed by atoms with Crippen LogP contribution in [0, 0.1) is 0 Å². The van der Waals surface area contributed by atoms with E-state index in [0.29, 0.717) is 19.6 Å². The first kappa shape index (κ1) is 19.5. The van der Waals surface area contributed by atoms with Crippen LogP contribution < -0.4 is 10.1 Å². The van der Waals surface area contributed by atoms with Gasteiger partial charge in [-0.05, 0) is 37.1 Å². The van der Waals surface area contributed by atoms with Crippen molar-refractivity contribution < 1.29 is 27.4 Å². The summed E-state index contributed by atoms with van der Waals surface area (Å²) in [5.74, 6) is -0.180. The van der Waals surface area contributed by atoms with Crippen molar-refractivity contribution in [2.45, 2.75) is 38.2 Å². The highest BCUT2D eigenvalue weighted by atomic mass is 19.4. The Kier molecular flexibility index (Phi) is 7.07. The van der Waals surface area contributed by atoms with Crippen molar-refractivity contribution in [3.63, 3.8) is 0 Å². The topological polar surface area (TPSA) is 50.8 Å². The maximum Gasteiger partial charge on any atom is 0.573 e. The number of alkyl halides is 3. The average Bonchev–Trinajstić information content (AvgIpc) is 2.88. The number of rotatable bonds is 9. The molecule has 0 aromatic heterocycles. The van der Waals surface area contributed by atoms with Crippen LogP contribution in [-0.2, 0) is 16.1 Å². The Bertz CT molecular complexity index is 549. The Morgan fingerprint density at radius 3 is 2.60 bits per heavy atom. The first-order chi connectivity index (χ1) is 11.9. The highest BCUT2D eigenvalue weighted by Gasteiger charge is 2.32. The van der Waals surface area contributed by atoms with E-state index in [2.05, 4.69) is 10.1 Å². The first-order valence-electron chi connectivity index (χ1n) is 8.23. The summed E-state index contributed by atoms with van der Waals surface area (Å²) in [7, 11) is 1.64. The summed E-state index contributed by atoms with van der Waals surface area (Å²) in [6.45, 7) is 2.58. The Balaban J connectivity index is 1.87. The number of benzene rings is 1. The lowest BCUT2D eigenvalue weighted by atomic mass is 10.1. The largest absolute Gasteiger partial charge is 0.573 e. The van der Waals surface area contributed by atoms with E-state index < -0.39 is 6.36 Å². The van der Waals surface area contributed by atoms with Gasteiger partial charge < -0.3 is 19.7 Å². The van der Waals surface area contributed by atoms with Crippen LogP contribution in [0.3, 0.4) is 0 Å². The normalized spacial score (nSPS) is 18.0. The van der Waals surface area contributed by atoms with Crippen LogP contribution in [0.5, 0.6) is 5.75 Å². The Hall–Kier alpha value is -1.80. The number of hydrogen-bond donors (Lipinski definition) is 1. The van der Waals surface area contributed by atoms with Gasteiger partial charge in [0.15, 0.2) is 0 Å². The third kappa shape index (κ3) is 6.55. The summed E-state index contributed by atoms with van der Waals surface area (Å²) < 4.78 is 45.4. The summed E-state index contributed by atoms with van der Waals surface area (Å²) >= 11 is 0. The molecule has 1 aliphatic heterocycles. The molecule has 2 rings (SSSR count). The van der Waals surface area contributed by atoms with E-state index in [1.54, 1.807) is 24.1 Å². The Labute approximate surface area is 145 Å². The molecular weight excluding hydrogens is 337 g/mol. The summed E-state index contributed by atoms with van der Waals surface area (Å²) in [4.78, 5) is 13.9. The van der Waals surface area contributed by atoms with E-state index in [4.69, 9.17) is 4.74 Å². The molecule has 140 valence electrons. The molecule has 25 heavy (non-hydrogen) atoms. The molecule has 0 radical (unpaired) electrons. The number of amides is 1. The Morgan fingerprint density at radius 2 is 1.96 bits per heavy atom. The second kappa shape index (κ2) is 9.05. The minimum atomic E-state index is -4.70. The smallest absolute Gasteiger partial charge is 0.406 e. The summed E-state index contributed by atoms with van der Waals surface area (Å²) in [6, 6.07) is 5.80. The van der Waals surface area contributed by atoms with Crippen LogP contribution >= 0.6 is 0 Å². The van der Waals surface area contributed by atoms with Crippen molar-refractivity contribution in [2.75, 3.05) is 26.8 Å². The lowest BCUT2D eigenvalue weighted by Gasteiger charge is -2.25. The molecule has 1 aromatic carbocycles. The highest BCUT2D eigenvalue weighted by Crippen LogP contribution is 2.26. The molecule has 1 N–H and O–H groups in total. The number of carbonyl (C=O) groups excluding carboxylic acids is 1. The van der Waals surface area contributed by atoms with Gasteiger partial charge >= 0.3 is 6.36 Å². The molecule has 1 saturated heterocycles. The molecule has 1 aliphatic rings. The number of hydrogen-bond acceptors (Lipinski definition) is 4. The molecule has 5 nitrogen and oxygen atoms in total. The SMILES string of the molecule is COCCNCCC1CCC(=O)N1Cc1ccc(OC(F)(F)F)cc1. The predicted octanol–water partition coefficient (Wildman–Crippen LogP) is 2.70. The number of carbonyl (C=O) groups is 1. The summed E-state index contributed by atoms with van der Waals surface area (Å²) in [5, 5.41) is 3.26. The molecule has 0 saturated carbocycles. The summed E-state index contributed by atoms with van der Waals surface area (Å²) in [6.07, 6.45) is -2.55. The molecule has 8 heteroatoms. The molecule has 1 atom stereocenters. The zero-order valence-electron chi connectivity index (χ0n) is 14.1. The van der Waals surface area contributed by atoms with Gasteiger partial charge in [0.2, 0.25) is 5.91 Å². The third-order valence-electron chi connectivity index (χ3n) is 4.10. The van der Waals surface area contributed by atoms with Crippen molar-refractivity contribution >= 4 is 5.91 Å². The zero-order valence-corrected chi connectivity index (χ0v) is 14.1. The van der Waals surface area contributed by atoms with Crippen LogP contribution in [0.2, 0.25) is 0 Å². The molecule has 1 fully saturated rings. The monoisotopic (exact) mass is 360 g/mol. The standard InChI is InChI=1S/C17H23F3N2O3/c1-24-11-10-21-9-8-14-4-7-16(23)22(14)12-13-2-5-15(6-3-13)25-17(18,19)20/h2-3,5-6,14,21H,4,7-12H2,1H3. The van der Waals surface area contributed by atoms with E-state index in [1.807, 2.05) is 0 Å². The minimum absolute atomic E-state index is 0.0810. The molecule has 0 aliphatic carbocycles. The highest BCUT2D eigenvalue weighted by molar-refractivity contribution is 5.78. The second-order valence-corrected chi connectivity index (χ2v) is 5.94. The second-order valence-electron chi connectivity index (χ2n) is 5.94. The number of halogens is 3. The van der Waals surface area contributed by atoms with Crippen molar-refractivity contribution in [3.8, 4) is 5.75 Å². The lowest BCUT2D eigenvalue weighted by Crippen LogP contribution is -2.35. The first-order valence-corrected chi connectivity index (χ1v) is 8.23. The molecule has 1 aromatic rings. The van der Waals surface area contributed by atoms with Crippen molar-refractivity contribution in [3.05, 3.63) is 29.8 Å². The van der Waals surface area contributed by atoms with Gasteiger partial charge in [0, 0.05) is 32.7 Å². The van der Waals surface area contributed by atoms with Crippen molar-refractivity contribution in [1.29, 1.82) is 0 Å². The van der Waals surface area contributed by atoms with Crippen molar-refractivity contribution in [2.24, 2.45) is 0 Å². The van der Waals surface area contributed by atoms with Gasteiger partial charge in [-0.1, -0.05) is 12.1 Å². The molecule has 0 spiro atoms. The van der Waals surface area contributed by atoms with Gasteiger partial charge in [-0.25, -0.2) is 0 Å². The van der Waals surface area contributed by atoms with Gasteiger partial charge in [0.25, 0.3) is 0 Å². The number of methoxy groups -OCH3 is 1. The number of ether oxygens (including phenoxy) is 2. The van der Waals surface area contributed by atoms with Gasteiger partial charge in [0.1, 0.15) is 5.75 Å². The van der Waals surface area contributed by atoms with E-state index in [0.717, 1.165) is 31.5 Å². The van der Waals surface area contributed by atoms with Crippen molar-refractivity contribution in [1.82, 2.24) is 10.2 Å². The van der Waals surface area contributed by atoms with E-state index in [9.17, 15) is 18.0 Å². The number of nitrogens with one attached hydrogen (secondary N) is 1. The van der Waals surface area contributed by atoms with Gasteiger partial charge in [0.05, 0.1) is 6.61 Å². The molecule has 1 amide bonds. The third-order valence-corrected chi connectivity index (χ3v) is 4.10. The van der Waals surface area contributed by atoms with Gasteiger partial charge in [-0.15, -0.1) is 13.2 Å². The fraction of sp³-hybridized carbons (Fsp3) is 0.588. The number of nitrogens with zero attached hydrogens (tertiary/aromatic N) is 1. The molecule has 0 bridgehead atoms. The molecule has 1 heterocycles. The van der Waals surface area contributed by atoms with Gasteiger partial charge in [-0.3, -0.25) is 4.79 Å². The molecule has 1 unspecified atom stereocenters. The lowest BCUT2D eigenvalue weighted by molar-refractivity contribution is -0.274. The number of likely N-dealkylation sites (tertiary alicyclic amines) is 1. The van der Waals surface area contributed by atoms with E-state index in [-0.39, 0.29) is 17.7 Å². The van der Waals surface area contributed by atoms with Crippen LogP contribution in [0.4, 0.5) is 13.2 Å².